The van der Waals surface area contributed by atoms with Crippen LogP contribution >= 0.6 is 0 Å². The van der Waals surface area contributed by atoms with Gasteiger partial charge in [0.1, 0.15) is 0 Å². The lowest BCUT2D eigenvalue weighted by Crippen LogP contribution is -2.42. The lowest BCUT2D eigenvalue weighted by atomic mass is 10.0. The second-order valence-electron chi connectivity index (χ2n) is 5.78. The van der Waals surface area contributed by atoms with E-state index < -0.39 is 0 Å². The molecule has 0 aliphatic rings. The van der Waals surface area contributed by atoms with Crippen LogP contribution in [0.25, 0.3) is 0 Å². The molecule has 1 aromatic rings. The van der Waals surface area contributed by atoms with Gasteiger partial charge in [-0.3, -0.25) is 9.59 Å². The van der Waals surface area contributed by atoms with Crippen molar-refractivity contribution < 1.29 is 9.59 Å². The number of nitrogens with zero attached hydrogens (tertiary/aromatic N) is 1. The summed E-state index contributed by atoms with van der Waals surface area (Å²) in [6.07, 6.45) is 0.557. The van der Waals surface area contributed by atoms with E-state index in [1.807, 2.05) is 63.8 Å². The summed E-state index contributed by atoms with van der Waals surface area (Å²) >= 11 is 0. The molecular weight excluding hydrogens is 250 g/mol. The Morgan fingerprint density at radius 3 is 2.15 bits per heavy atom. The van der Waals surface area contributed by atoms with Gasteiger partial charge in [0.2, 0.25) is 5.91 Å². The number of Topliss-reactive ketones (excluding diaryl/α,β-unsaturated/α-hetero) is 1. The zero-order chi connectivity index (χ0) is 15.3. The van der Waals surface area contributed by atoms with Crippen molar-refractivity contribution in [2.45, 2.75) is 59.5 Å². The third kappa shape index (κ3) is 4.48. The molecule has 0 heterocycles. The Kier molecular flexibility index (Phi) is 5.93. The molecule has 0 saturated carbocycles. The maximum absolute atomic E-state index is 12.2. The molecule has 0 aliphatic carbocycles. The second kappa shape index (κ2) is 7.22. The fourth-order valence-corrected chi connectivity index (χ4v) is 2.48. The van der Waals surface area contributed by atoms with E-state index in [0.29, 0.717) is 5.56 Å². The van der Waals surface area contributed by atoms with Gasteiger partial charge >= 0.3 is 0 Å². The van der Waals surface area contributed by atoms with Gasteiger partial charge in [0.05, 0.1) is 0 Å². The lowest BCUT2D eigenvalue weighted by Gasteiger charge is -2.30. The summed E-state index contributed by atoms with van der Waals surface area (Å²) in [6.45, 7) is 9.96. The van der Waals surface area contributed by atoms with Crippen LogP contribution in [-0.2, 0) is 4.79 Å². The van der Waals surface area contributed by atoms with E-state index in [4.69, 9.17) is 0 Å². The first-order valence-electron chi connectivity index (χ1n) is 7.24. The molecule has 1 aromatic carbocycles. The van der Waals surface area contributed by atoms with E-state index in [9.17, 15) is 9.59 Å². The topological polar surface area (TPSA) is 37.4 Å². The molecule has 3 heteroatoms. The lowest BCUT2D eigenvalue weighted by molar-refractivity contribution is -0.134. The smallest absolute Gasteiger partial charge is 0.223 e. The van der Waals surface area contributed by atoms with Crippen molar-refractivity contribution in [3.63, 3.8) is 0 Å². The van der Waals surface area contributed by atoms with Gasteiger partial charge in [-0.2, -0.15) is 0 Å². The standard InChI is InChI=1S/C17H25NO2/c1-12(2)18(13(3)4)17(20)10-9-16(19)15-8-6-7-14(5)11-15/h6-8,11-13H,9-10H2,1-5H3. The number of hydrogen-bond acceptors (Lipinski definition) is 2. The number of carbonyl (C=O) groups excluding carboxylic acids is 2. The largest absolute Gasteiger partial charge is 0.338 e. The summed E-state index contributed by atoms with van der Waals surface area (Å²) in [5.74, 6) is 0.0884. The zero-order valence-electron chi connectivity index (χ0n) is 13.1. The fraction of sp³-hybridized carbons (Fsp3) is 0.529. The normalized spacial score (nSPS) is 10.9. The predicted octanol–water partition coefficient (Wildman–Crippen LogP) is 3.60. The van der Waals surface area contributed by atoms with Crippen LogP contribution in [0.2, 0.25) is 0 Å². The Morgan fingerprint density at radius 1 is 1.05 bits per heavy atom. The van der Waals surface area contributed by atoms with Crippen molar-refractivity contribution in [2.24, 2.45) is 0 Å². The first-order chi connectivity index (χ1) is 9.32. The maximum atomic E-state index is 12.2. The molecule has 0 unspecified atom stereocenters. The number of hydrogen-bond donors (Lipinski definition) is 0. The number of rotatable bonds is 6. The highest BCUT2D eigenvalue weighted by Gasteiger charge is 2.20. The van der Waals surface area contributed by atoms with Gasteiger partial charge in [-0.15, -0.1) is 0 Å². The molecule has 1 amide bonds. The van der Waals surface area contributed by atoms with Gasteiger partial charge in [0, 0.05) is 30.5 Å². The summed E-state index contributed by atoms with van der Waals surface area (Å²) in [6, 6.07) is 7.84. The molecule has 0 saturated heterocycles. The van der Waals surface area contributed by atoms with Gasteiger partial charge < -0.3 is 4.90 Å². The number of carbonyl (C=O) groups is 2. The van der Waals surface area contributed by atoms with Crippen molar-refractivity contribution in [3.05, 3.63) is 35.4 Å². The minimum atomic E-state index is 0.0366. The molecule has 0 spiro atoms. The van der Waals surface area contributed by atoms with Crippen molar-refractivity contribution in [1.82, 2.24) is 4.90 Å². The second-order valence-corrected chi connectivity index (χ2v) is 5.78. The van der Waals surface area contributed by atoms with E-state index in [0.717, 1.165) is 5.56 Å². The van der Waals surface area contributed by atoms with Crippen LogP contribution in [0.1, 0.15) is 56.5 Å². The molecule has 0 radical (unpaired) electrons. The van der Waals surface area contributed by atoms with Crippen molar-refractivity contribution in [2.75, 3.05) is 0 Å². The third-order valence-electron chi connectivity index (χ3n) is 3.31. The molecule has 0 fully saturated rings. The Labute approximate surface area is 122 Å². The number of benzene rings is 1. The van der Waals surface area contributed by atoms with Crippen LogP contribution in [0.15, 0.2) is 24.3 Å². The van der Waals surface area contributed by atoms with Crippen LogP contribution in [0.4, 0.5) is 0 Å². The van der Waals surface area contributed by atoms with E-state index in [-0.39, 0.29) is 36.6 Å². The number of aryl methyl sites for hydroxylation is 1. The average Bonchev–Trinajstić information content (AvgIpc) is 2.35. The Morgan fingerprint density at radius 2 is 1.65 bits per heavy atom. The molecule has 110 valence electrons. The van der Waals surface area contributed by atoms with Crippen LogP contribution in [0.5, 0.6) is 0 Å². The SMILES string of the molecule is Cc1cccc(C(=O)CCC(=O)N(C(C)C)C(C)C)c1. The summed E-state index contributed by atoms with van der Waals surface area (Å²) in [5, 5.41) is 0. The van der Waals surface area contributed by atoms with Crippen LogP contribution in [-0.4, -0.2) is 28.7 Å². The molecule has 0 aromatic heterocycles. The molecule has 0 aliphatic heterocycles. The Hall–Kier alpha value is -1.64. The third-order valence-corrected chi connectivity index (χ3v) is 3.31. The van der Waals surface area contributed by atoms with E-state index >= 15 is 0 Å². The molecule has 0 N–H and O–H groups in total. The fourth-order valence-electron chi connectivity index (χ4n) is 2.48. The van der Waals surface area contributed by atoms with Gasteiger partial charge in [0.25, 0.3) is 0 Å². The minimum Gasteiger partial charge on any atom is -0.338 e. The van der Waals surface area contributed by atoms with Crippen molar-refractivity contribution in [3.8, 4) is 0 Å². The van der Waals surface area contributed by atoms with Gasteiger partial charge in [-0.25, -0.2) is 0 Å². The summed E-state index contributed by atoms with van der Waals surface area (Å²) in [4.78, 5) is 26.1. The summed E-state index contributed by atoms with van der Waals surface area (Å²) in [5.41, 5.74) is 1.76. The van der Waals surface area contributed by atoms with E-state index in [2.05, 4.69) is 0 Å². The van der Waals surface area contributed by atoms with Crippen LogP contribution in [0, 0.1) is 6.92 Å². The van der Waals surface area contributed by atoms with Crippen molar-refractivity contribution >= 4 is 11.7 Å². The molecule has 0 atom stereocenters. The Balaban J connectivity index is 2.62. The number of ketones is 1. The van der Waals surface area contributed by atoms with Crippen molar-refractivity contribution in [1.29, 1.82) is 0 Å². The van der Waals surface area contributed by atoms with Gasteiger partial charge in [0.15, 0.2) is 5.78 Å². The predicted molar refractivity (Wildman–Crippen MR) is 81.9 cm³/mol. The molecule has 1 rings (SSSR count). The maximum Gasteiger partial charge on any atom is 0.223 e. The first kappa shape index (κ1) is 16.4. The quantitative estimate of drug-likeness (QED) is 0.744. The summed E-state index contributed by atoms with van der Waals surface area (Å²) < 4.78 is 0. The monoisotopic (exact) mass is 275 g/mol. The molecular formula is C17H25NO2. The van der Waals surface area contributed by atoms with Crippen LogP contribution in [0.3, 0.4) is 0 Å². The first-order valence-corrected chi connectivity index (χ1v) is 7.24. The van der Waals surface area contributed by atoms with E-state index in [1.165, 1.54) is 0 Å². The highest BCUT2D eigenvalue weighted by Crippen LogP contribution is 2.12. The number of amides is 1. The van der Waals surface area contributed by atoms with Gasteiger partial charge in [-0.1, -0.05) is 23.8 Å². The molecule has 0 bridgehead atoms. The molecule has 20 heavy (non-hydrogen) atoms. The summed E-state index contributed by atoms with van der Waals surface area (Å²) in [7, 11) is 0. The Bertz CT molecular complexity index is 470. The molecule has 3 nitrogen and oxygen atoms in total. The average molecular weight is 275 g/mol. The van der Waals surface area contributed by atoms with E-state index in [1.54, 1.807) is 0 Å². The highest BCUT2D eigenvalue weighted by atomic mass is 16.2. The minimum absolute atomic E-state index is 0.0366. The van der Waals surface area contributed by atoms with Crippen LogP contribution < -0.4 is 0 Å². The highest BCUT2D eigenvalue weighted by molar-refractivity contribution is 5.98. The van der Waals surface area contributed by atoms with Gasteiger partial charge in [-0.05, 0) is 40.7 Å². The zero-order valence-corrected chi connectivity index (χ0v) is 13.1.